The minimum Gasteiger partial charge on any atom is -0.457 e. The van der Waals surface area contributed by atoms with Gasteiger partial charge in [0.1, 0.15) is 11.5 Å². The molecular weight excluding hydrogens is 270 g/mol. The molecule has 118 valence electrons. The van der Waals surface area contributed by atoms with Crippen LogP contribution in [0.4, 0.5) is 0 Å². The van der Waals surface area contributed by atoms with E-state index in [0.29, 0.717) is 6.04 Å². The van der Waals surface area contributed by atoms with E-state index in [4.69, 9.17) is 4.74 Å². The van der Waals surface area contributed by atoms with Crippen LogP contribution in [0.3, 0.4) is 0 Å². The summed E-state index contributed by atoms with van der Waals surface area (Å²) < 4.78 is 5.84. The van der Waals surface area contributed by atoms with Gasteiger partial charge in [0, 0.05) is 12.6 Å². The maximum absolute atomic E-state index is 5.84. The van der Waals surface area contributed by atoms with Gasteiger partial charge >= 0.3 is 0 Å². The predicted octanol–water partition coefficient (Wildman–Crippen LogP) is 5.49. The molecule has 0 saturated heterocycles. The van der Waals surface area contributed by atoms with Gasteiger partial charge in [0.2, 0.25) is 0 Å². The van der Waals surface area contributed by atoms with Gasteiger partial charge in [-0.15, -0.1) is 0 Å². The van der Waals surface area contributed by atoms with Crippen molar-refractivity contribution >= 4 is 0 Å². The molecule has 0 bridgehead atoms. The first-order valence-electron chi connectivity index (χ1n) is 8.25. The third kappa shape index (κ3) is 5.19. The lowest BCUT2D eigenvalue weighted by atomic mass is 10.1. The third-order valence-electron chi connectivity index (χ3n) is 3.82. The van der Waals surface area contributed by atoms with Crippen molar-refractivity contribution in [2.75, 3.05) is 6.54 Å². The first kappa shape index (κ1) is 16.6. The highest BCUT2D eigenvalue weighted by Gasteiger charge is 2.09. The zero-order valence-electron chi connectivity index (χ0n) is 14.0. The van der Waals surface area contributed by atoms with Crippen LogP contribution in [0.15, 0.2) is 54.6 Å². The predicted molar refractivity (Wildman–Crippen MR) is 93.4 cm³/mol. The molecule has 2 nitrogen and oxygen atoms in total. The number of para-hydroxylation sites is 1. The number of hydrogen-bond donors (Lipinski definition) is 0. The molecule has 2 aromatic carbocycles. The third-order valence-corrected chi connectivity index (χ3v) is 3.82. The Hall–Kier alpha value is -1.80. The van der Waals surface area contributed by atoms with Gasteiger partial charge in [0.05, 0.1) is 0 Å². The van der Waals surface area contributed by atoms with E-state index in [9.17, 15) is 0 Å². The molecule has 2 heteroatoms. The van der Waals surface area contributed by atoms with Crippen molar-refractivity contribution in [2.24, 2.45) is 0 Å². The van der Waals surface area contributed by atoms with Crippen LogP contribution >= 0.6 is 0 Å². The summed E-state index contributed by atoms with van der Waals surface area (Å²) in [6.07, 6.45) is 2.50. The Morgan fingerprint density at radius 2 is 1.55 bits per heavy atom. The highest BCUT2D eigenvalue weighted by Crippen LogP contribution is 2.21. The number of benzene rings is 2. The highest BCUT2D eigenvalue weighted by atomic mass is 16.5. The highest BCUT2D eigenvalue weighted by molar-refractivity contribution is 5.32. The molecule has 0 fully saturated rings. The van der Waals surface area contributed by atoms with Crippen LogP contribution in [0.1, 0.15) is 39.2 Å². The molecule has 0 amide bonds. The van der Waals surface area contributed by atoms with Crippen molar-refractivity contribution in [2.45, 2.75) is 46.2 Å². The fourth-order valence-corrected chi connectivity index (χ4v) is 2.40. The summed E-state index contributed by atoms with van der Waals surface area (Å²) in [5.74, 6) is 1.77. The van der Waals surface area contributed by atoms with Gasteiger partial charge in [-0.2, -0.15) is 0 Å². The maximum Gasteiger partial charge on any atom is 0.127 e. The second-order valence-corrected chi connectivity index (χ2v) is 5.98. The second kappa shape index (κ2) is 8.60. The van der Waals surface area contributed by atoms with Crippen LogP contribution in [0.2, 0.25) is 0 Å². The Labute approximate surface area is 134 Å². The molecule has 0 saturated carbocycles. The monoisotopic (exact) mass is 297 g/mol. The van der Waals surface area contributed by atoms with Gasteiger partial charge in [0.15, 0.2) is 0 Å². The minimum atomic E-state index is 0.576. The van der Waals surface area contributed by atoms with Crippen molar-refractivity contribution in [3.8, 4) is 11.5 Å². The molecule has 0 unspecified atom stereocenters. The number of unbranched alkanes of at least 4 members (excludes halogenated alkanes) is 1. The number of rotatable bonds is 8. The molecular formula is C20H27NO. The van der Waals surface area contributed by atoms with Crippen LogP contribution in [0, 0.1) is 0 Å². The molecule has 0 radical (unpaired) electrons. The van der Waals surface area contributed by atoms with Crippen LogP contribution in [-0.4, -0.2) is 17.5 Å². The van der Waals surface area contributed by atoms with E-state index in [0.717, 1.165) is 24.6 Å². The molecule has 0 atom stereocenters. The van der Waals surface area contributed by atoms with Gasteiger partial charge in [0.25, 0.3) is 0 Å². The van der Waals surface area contributed by atoms with E-state index >= 15 is 0 Å². The van der Waals surface area contributed by atoms with Gasteiger partial charge < -0.3 is 4.74 Å². The molecule has 0 heterocycles. The summed E-state index contributed by atoms with van der Waals surface area (Å²) in [6, 6.07) is 18.9. The van der Waals surface area contributed by atoms with E-state index in [1.807, 2.05) is 30.3 Å². The molecule has 0 spiro atoms. The average Bonchev–Trinajstić information content (AvgIpc) is 2.54. The Morgan fingerprint density at radius 3 is 2.14 bits per heavy atom. The quantitative estimate of drug-likeness (QED) is 0.639. The zero-order valence-corrected chi connectivity index (χ0v) is 14.0. The Morgan fingerprint density at radius 1 is 0.909 bits per heavy atom. The summed E-state index contributed by atoms with van der Waals surface area (Å²) in [7, 11) is 0. The molecule has 2 aromatic rings. The van der Waals surface area contributed by atoms with Gasteiger partial charge in [-0.1, -0.05) is 43.7 Å². The largest absolute Gasteiger partial charge is 0.457 e. The van der Waals surface area contributed by atoms with E-state index in [-0.39, 0.29) is 0 Å². The molecule has 0 aromatic heterocycles. The number of nitrogens with zero attached hydrogens (tertiary/aromatic N) is 1. The molecule has 0 aliphatic rings. The number of hydrogen-bond acceptors (Lipinski definition) is 2. The smallest absolute Gasteiger partial charge is 0.127 e. The Bertz CT molecular complexity index is 533. The number of ether oxygens (including phenoxy) is 1. The topological polar surface area (TPSA) is 12.5 Å². The molecule has 0 aliphatic carbocycles. The van der Waals surface area contributed by atoms with E-state index in [1.165, 1.54) is 18.4 Å². The average molecular weight is 297 g/mol. The van der Waals surface area contributed by atoms with E-state index < -0.39 is 0 Å². The lowest BCUT2D eigenvalue weighted by molar-refractivity contribution is 0.209. The van der Waals surface area contributed by atoms with Gasteiger partial charge in [-0.05, 0) is 56.6 Å². The van der Waals surface area contributed by atoms with Gasteiger partial charge in [-0.3, -0.25) is 4.90 Å². The minimum absolute atomic E-state index is 0.576. The van der Waals surface area contributed by atoms with Crippen molar-refractivity contribution in [1.29, 1.82) is 0 Å². The van der Waals surface area contributed by atoms with Crippen LogP contribution in [0.25, 0.3) is 0 Å². The van der Waals surface area contributed by atoms with E-state index in [2.05, 4.69) is 49.9 Å². The van der Waals surface area contributed by atoms with Crippen molar-refractivity contribution in [3.63, 3.8) is 0 Å². The summed E-state index contributed by atoms with van der Waals surface area (Å²) in [5, 5.41) is 0. The molecule has 0 N–H and O–H groups in total. The normalized spacial score (nSPS) is 11.1. The van der Waals surface area contributed by atoms with Crippen LogP contribution < -0.4 is 4.74 Å². The summed E-state index contributed by atoms with van der Waals surface area (Å²) in [6.45, 7) is 8.94. The molecule has 0 aliphatic heterocycles. The second-order valence-electron chi connectivity index (χ2n) is 5.98. The standard InChI is InChI=1S/C20H27NO/c1-4-5-15-21(17(2)3)16-18-11-13-20(14-12-18)22-19-9-7-6-8-10-19/h6-14,17H,4-5,15-16H2,1-3H3. The maximum atomic E-state index is 5.84. The van der Waals surface area contributed by atoms with E-state index in [1.54, 1.807) is 0 Å². The van der Waals surface area contributed by atoms with Crippen LogP contribution in [-0.2, 0) is 6.54 Å². The fourth-order valence-electron chi connectivity index (χ4n) is 2.40. The molecule has 2 rings (SSSR count). The first-order valence-corrected chi connectivity index (χ1v) is 8.25. The Balaban J connectivity index is 1.96. The SMILES string of the molecule is CCCCN(Cc1ccc(Oc2ccccc2)cc1)C(C)C. The lowest BCUT2D eigenvalue weighted by Gasteiger charge is -2.26. The fraction of sp³-hybridized carbons (Fsp3) is 0.400. The summed E-state index contributed by atoms with van der Waals surface area (Å²) in [4.78, 5) is 2.52. The summed E-state index contributed by atoms with van der Waals surface area (Å²) in [5.41, 5.74) is 1.34. The van der Waals surface area contributed by atoms with Crippen molar-refractivity contribution in [1.82, 2.24) is 4.90 Å². The Kier molecular flexibility index (Phi) is 6.47. The van der Waals surface area contributed by atoms with Crippen molar-refractivity contribution in [3.05, 3.63) is 60.2 Å². The van der Waals surface area contributed by atoms with Crippen LogP contribution in [0.5, 0.6) is 11.5 Å². The summed E-state index contributed by atoms with van der Waals surface area (Å²) >= 11 is 0. The van der Waals surface area contributed by atoms with Crippen molar-refractivity contribution < 1.29 is 4.74 Å². The zero-order chi connectivity index (χ0) is 15.8. The first-order chi connectivity index (χ1) is 10.7. The van der Waals surface area contributed by atoms with Gasteiger partial charge in [-0.25, -0.2) is 0 Å². The molecule has 22 heavy (non-hydrogen) atoms. The lowest BCUT2D eigenvalue weighted by Crippen LogP contribution is -2.31.